The van der Waals surface area contributed by atoms with E-state index in [9.17, 15) is 9.50 Å². The van der Waals surface area contributed by atoms with Crippen LogP contribution in [0.25, 0.3) is 0 Å². The average Bonchev–Trinajstić information content (AvgIpc) is 2.78. The third-order valence-electron chi connectivity index (χ3n) is 3.06. The van der Waals surface area contributed by atoms with E-state index in [0.717, 1.165) is 25.5 Å². The van der Waals surface area contributed by atoms with Crippen molar-refractivity contribution in [3.05, 3.63) is 22.5 Å². The molecule has 0 bridgehead atoms. The number of hydrogen-bond donors (Lipinski definition) is 2. The Bertz CT molecular complexity index is 419. The summed E-state index contributed by atoms with van der Waals surface area (Å²) < 4.78 is 18.6. The van der Waals surface area contributed by atoms with Crippen molar-refractivity contribution in [1.29, 1.82) is 0 Å². The minimum Gasteiger partial charge on any atom is -0.504 e. The van der Waals surface area contributed by atoms with E-state index in [0.29, 0.717) is 12.0 Å². The lowest BCUT2D eigenvalue weighted by atomic mass is 10.0. The first-order valence-corrected chi connectivity index (χ1v) is 5.98. The summed E-state index contributed by atoms with van der Waals surface area (Å²) >= 11 is 5.93. The zero-order valence-electron chi connectivity index (χ0n) is 9.59. The predicted molar refractivity (Wildman–Crippen MR) is 64.4 cm³/mol. The van der Waals surface area contributed by atoms with E-state index in [1.807, 2.05) is 0 Å². The molecule has 1 aliphatic rings. The molecule has 2 rings (SSSR count). The minimum absolute atomic E-state index is 0.0355. The molecule has 1 unspecified atom stereocenters. The first-order valence-electron chi connectivity index (χ1n) is 5.60. The second-order valence-corrected chi connectivity index (χ2v) is 4.58. The Morgan fingerprint density at radius 3 is 3.00 bits per heavy atom. The van der Waals surface area contributed by atoms with Crippen molar-refractivity contribution in [2.24, 2.45) is 0 Å². The molecule has 94 valence electrons. The molecule has 0 saturated carbocycles. The SMILES string of the molecule is COc1c(O)cc(F)c(Cl)c1CC1CCCN1. The highest BCUT2D eigenvalue weighted by Gasteiger charge is 2.22. The Morgan fingerprint density at radius 2 is 2.41 bits per heavy atom. The summed E-state index contributed by atoms with van der Waals surface area (Å²) in [6.45, 7) is 0.964. The lowest BCUT2D eigenvalue weighted by Gasteiger charge is -2.16. The Morgan fingerprint density at radius 1 is 1.65 bits per heavy atom. The number of ether oxygens (including phenoxy) is 1. The van der Waals surface area contributed by atoms with Crippen LogP contribution in [0.1, 0.15) is 18.4 Å². The van der Waals surface area contributed by atoms with Crippen LogP contribution in [0, 0.1) is 5.82 Å². The Balaban J connectivity index is 2.35. The molecule has 1 atom stereocenters. The number of nitrogens with one attached hydrogen (secondary N) is 1. The Kier molecular flexibility index (Phi) is 3.74. The smallest absolute Gasteiger partial charge is 0.165 e. The number of benzene rings is 1. The van der Waals surface area contributed by atoms with Crippen molar-refractivity contribution in [3.63, 3.8) is 0 Å². The summed E-state index contributed by atoms with van der Waals surface area (Å²) in [7, 11) is 1.44. The number of phenols is 1. The third-order valence-corrected chi connectivity index (χ3v) is 3.47. The first kappa shape index (κ1) is 12.5. The van der Waals surface area contributed by atoms with Crippen LogP contribution in [-0.2, 0) is 6.42 Å². The van der Waals surface area contributed by atoms with Crippen LogP contribution in [0.15, 0.2) is 6.07 Å². The molecule has 3 nitrogen and oxygen atoms in total. The van der Waals surface area contributed by atoms with Crippen LogP contribution in [0.3, 0.4) is 0 Å². The molecule has 1 aromatic rings. The molecule has 0 aliphatic carbocycles. The van der Waals surface area contributed by atoms with Crippen LogP contribution in [-0.4, -0.2) is 24.8 Å². The predicted octanol–water partition coefficient (Wildman–Crippen LogP) is 2.49. The molecule has 1 aromatic carbocycles. The topological polar surface area (TPSA) is 41.5 Å². The molecule has 1 aliphatic heterocycles. The monoisotopic (exact) mass is 259 g/mol. The fourth-order valence-electron chi connectivity index (χ4n) is 2.23. The van der Waals surface area contributed by atoms with Crippen LogP contribution < -0.4 is 10.1 Å². The maximum absolute atomic E-state index is 13.5. The number of rotatable bonds is 3. The van der Waals surface area contributed by atoms with Gasteiger partial charge in [0.15, 0.2) is 11.5 Å². The van der Waals surface area contributed by atoms with Gasteiger partial charge in [-0.15, -0.1) is 0 Å². The van der Waals surface area contributed by atoms with Gasteiger partial charge in [-0.25, -0.2) is 4.39 Å². The summed E-state index contributed by atoms with van der Waals surface area (Å²) in [5.74, 6) is -0.550. The van der Waals surface area contributed by atoms with Crippen molar-refractivity contribution < 1.29 is 14.2 Å². The van der Waals surface area contributed by atoms with Gasteiger partial charge in [0.2, 0.25) is 0 Å². The van der Waals surface area contributed by atoms with E-state index < -0.39 is 5.82 Å². The van der Waals surface area contributed by atoms with Crippen molar-refractivity contribution >= 4 is 11.6 Å². The van der Waals surface area contributed by atoms with Gasteiger partial charge in [0.25, 0.3) is 0 Å². The van der Waals surface area contributed by atoms with Gasteiger partial charge < -0.3 is 15.2 Å². The van der Waals surface area contributed by atoms with Crippen molar-refractivity contribution in [3.8, 4) is 11.5 Å². The van der Waals surface area contributed by atoms with Gasteiger partial charge in [0.1, 0.15) is 5.82 Å². The Hall–Kier alpha value is -1.00. The molecular formula is C12H15ClFNO2. The van der Waals surface area contributed by atoms with Crippen molar-refractivity contribution in [2.75, 3.05) is 13.7 Å². The highest BCUT2D eigenvalue weighted by molar-refractivity contribution is 6.31. The van der Waals surface area contributed by atoms with Crippen LogP contribution in [0.5, 0.6) is 11.5 Å². The fraction of sp³-hybridized carbons (Fsp3) is 0.500. The van der Waals surface area contributed by atoms with Gasteiger partial charge in [0.05, 0.1) is 12.1 Å². The van der Waals surface area contributed by atoms with Crippen LogP contribution in [0.2, 0.25) is 5.02 Å². The fourth-order valence-corrected chi connectivity index (χ4v) is 2.45. The minimum atomic E-state index is -0.613. The maximum Gasteiger partial charge on any atom is 0.165 e. The lowest BCUT2D eigenvalue weighted by Crippen LogP contribution is -2.24. The first-order chi connectivity index (χ1) is 8.13. The zero-order valence-corrected chi connectivity index (χ0v) is 10.4. The molecule has 1 heterocycles. The lowest BCUT2D eigenvalue weighted by molar-refractivity contribution is 0.364. The van der Waals surface area contributed by atoms with Crippen molar-refractivity contribution in [1.82, 2.24) is 5.32 Å². The van der Waals surface area contributed by atoms with Crippen LogP contribution >= 0.6 is 11.6 Å². The number of hydrogen-bond acceptors (Lipinski definition) is 3. The van der Waals surface area contributed by atoms with Gasteiger partial charge in [-0.1, -0.05) is 11.6 Å². The molecule has 2 N–H and O–H groups in total. The van der Waals surface area contributed by atoms with E-state index in [1.165, 1.54) is 7.11 Å². The molecule has 0 spiro atoms. The number of halogens is 2. The van der Waals surface area contributed by atoms with E-state index in [4.69, 9.17) is 16.3 Å². The molecule has 1 saturated heterocycles. The van der Waals surface area contributed by atoms with Gasteiger partial charge >= 0.3 is 0 Å². The Labute approximate surface area is 105 Å². The van der Waals surface area contributed by atoms with Gasteiger partial charge in [0, 0.05) is 17.7 Å². The average molecular weight is 260 g/mol. The molecule has 0 radical (unpaired) electrons. The summed E-state index contributed by atoms with van der Waals surface area (Å²) in [5, 5.41) is 13.0. The van der Waals surface area contributed by atoms with Gasteiger partial charge in [-0.2, -0.15) is 0 Å². The maximum atomic E-state index is 13.5. The molecule has 5 heteroatoms. The second kappa shape index (κ2) is 5.10. The molecule has 0 amide bonds. The summed E-state index contributed by atoms with van der Waals surface area (Å²) in [5.41, 5.74) is 0.533. The normalized spacial score (nSPS) is 19.6. The number of aromatic hydroxyl groups is 1. The molecule has 1 fully saturated rings. The van der Waals surface area contributed by atoms with E-state index >= 15 is 0 Å². The van der Waals surface area contributed by atoms with E-state index in [-0.39, 0.29) is 22.6 Å². The highest BCUT2D eigenvalue weighted by Crippen LogP contribution is 2.38. The standard InChI is InChI=1S/C12H15ClFNO2/c1-17-12-8(5-7-3-2-4-15-7)11(13)9(14)6-10(12)16/h6-7,15-16H,2-5H2,1H3. The third kappa shape index (κ3) is 2.48. The largest absolute Gasteiger partial charge is 0.504 e. The molecule has 17 heavy (non-hydrogen) atoms. The highest BCUT2D eigenvalue weighted by atomic mass is 35.5. The number of methoxy groups -OCH3 is 1. The molecule has 0 aromatic heterocycles. The quantitative estimate of drug-likeness (QED) is 0.876. The van der Waals surface area contributed by atoms with Gasteiger partial charge in [-0.05, 0) is 25.8 Å². The molecular weight excluding hydrogens is 245 g/mol. The summed E-state index contributed by atoms with van der Waals surface area (Å²) in [6.07, 6.45) is 2.69. The summed E-state index contributed by atoms with van der Waals surface area (Å²) in [6, 6.07) is 1.25. The van der Waals surface area contributed by atoms with Crippen LogP contribution in [0.4, 0.5) is 4.39 Å². The van der Waals surface area contributed by atoms with E-state index in [2.05, 4.69) is 5.32 Å². The van der Waals surface area contributed by atoms with E-state index in [1.54, 1.807) is 0 Å². The van der Waals surface area contributed by atoms with Crippen molar-refractivity contribution in [2.45, 2.75) is 25.3 Å². The second-order valence-electron chi connectivity index (χ2n) is 4.20. The number of phenolic OH excluding ortho intramolecular Hbond substituents is 1. The van der Waals surface area contributed by atoms with Gasteiger partial charge in [-0.3, -0.25) is 0 Å². The summed E-state index contributed by atoms with van der Waals surface area (Å²) in [4.78, 5) is 0. The zero-order chi connectivity index (χ0) is 12.4.